The summed E-state index contributed by atoms with van der Waals surface area (Å²) in [5.41, 5.74) is 0.844. The number of benzene rings is 2. The Morgan fingerprint density at radius 1 is 1.00 bits per heavy atom. The highest BCUT2D eigenvalue weighted by molar-refractivity contribution is 6.43. The Labute approximate surface area is 219 Å². The number of carbonyl (C=O) groups excluding carboxylic acids is 2. The summed E-state index contributed by atoms with van der Waals surface area (Å²) in [6.07, 6.45) is 0.495. The Morgan fingerprint density at radius 2 is 1.68 bits per heavy atom. The zero-order valence-electron chi connectivity index (χ0n) is 19.9. The molecule has 37 heavy (non-hydrogen) atoms. The molecule has 0 bridgehead atoms. The van der Waals surface area contributed by atoms with Gasteiger partial charge in [-0.3, -0.25) is 9.59 Å². The van der Waals surface area contributed by atoms with Crippen molar-refractivity contribution in [2.45, 2.75) is 30.8 Å². The highest BCUT2D eigenvalue weighted by atomic mass is 35.5. The van der Waals surface area contributed by atoms with Gasteiger partial charge in [0.05, 0.1) is 18.2 Å². The van der Waals surface area contributed by atoms with E-state index >= 15 is 0 Å². The van der Waals surface area contributed by atoms with E-state index in [0.29, 0.717) is 5.71 Å². The number of oxime groups is 1. The molecule has 1 aromatic heterocycles. The molecule has 4 N–H and O–H groups in total. The van der Waals surface area contributed by atoms with Gasteiger partial charge in [0.15, 0.2) is 0 Å². The van der Waals surface area contributed by atoms with Crippen molar-refractivity contribution < 1.29 is 24.5 Å². The first kappa shape index (κ1) is 26.3. The van der Waals surface area contributed by atoms with Crippen LogP contribution in [-0.2, 0) is 22.5 Å². The van der Waals surface area contributed by atoms with E-state index in [1.807, 2.05) is 60.7 Å². The lowest BCUT2D eigenvalue weighted by Gasteiger charge is -2.28. The predicted octanol–water partition coefficient (Wildman–Crippen LogP) is 1.96. The molecule has 4 rings (SSSR count). The predicted molar refractivity (Wildman–Crippen MR) is 140 cm³/mol. The minimum absolute atomic E-state index is 0.0346. The van der Waals surface area contributed by atoms with Crippen LogP contribution in [0.2, 0.25) is 5.15 Å². The highest BCUT2D eigenvalue weighted by Crippen LogP contribution is 2.29. The van der Waals surface area contributed by atoms with Gasteiger partial charge in [0.1, 0.15) is 10.8 Å². The second kappa shape index (κ2) is 12.0. The van der Waals surface area contributed by atoms with Crippen molar-refractivity contribution >= 4 is 36.2 Å². The average Bonchev–Trinajstić information content (AvgIpc) is 3.32. The lowest BCUT2D eigenvalue weighted by Crippen LogP contribution is -2.56. The molecule has 0 saturated carbocycles. The molecule has 2 heterocycles. The Kier molecular flexibility index (Phi) is 8.55. The molecule has 1 aliphatic rings. The molecule has 0 fully saturated rings. The van der Waals surface area contributed by atoms with Crippen molar-refractivity contribution in [1.29, 1.82) is 0 Å². The first-order valence-electron chi connectivity index (χ1n) is 11.7. The Hall–Kier alpha value is -3.73. The number of halogens is 1. The van der Waals surface area contributed by atoms with Gasteiger partial charge in [-0.2, -0.15) is 0 Å². The summed E-state index contributed by atoms with van der Waals surface area (Å²) in [5, 5.41) is 29.7. The van der Waals surface area contributed by atoms with Gasteiger partial charge in [-0.1, -0.05) is 83.5 Å². The fraction of sp³-hybridized carbons (Fsp3) is 0.231. The number of pyridine rings is 1. The number of nitrogens with zero attached hydrogens (tertiary/aromatic N) is 2. The van der Waals surface area contributed by atoms with Crippen molar-refractivity contribution in [3.63, 3.8) is 0 Å². The van der Waals surface area contributed by atoms with E-state index < -0.39 is 30.5 Å². The number of hydrogen-bond donors (Lipinski definition) is 4. The largest absolute Gasteiger partial charge is 0.475 e. The summed E-state index contributed by atoms with van der Waals surface area (Å²) in [6, 6.07) is 23.2. The lowest BCUT2D eigenvalue weighted by molar-refractivity contribution is -0.144. The van der Waals surface area contributed by atoms with Crippen molar-refractivity contribution in [3.8, 4) is 0 Å². The van der Waals surface area contributed by atoms with Crippen LogP contribution in [-0.4, -0.2) is 57.8 Å². The van der Waals surface area contributed by atoms with Crippen LogP contribution in [0.3, 0.4) is 0 Å². The topological polar surface area (TPSA) is 133 Å². The highest BCUT2D eigenvalue weighted by Gasteiger charge is 2.48. The minimum Gasteiger partial charge on any atom is -0.426 e. The third kappa shape index (κ3) is 6.94. The van der Waals surface area contributed by atoms with Crippen LogP contribution in [0.1, 0.15) is 28.0 Å². The fourth-order valence-electron chi connectivity index (χ4n) is 4.07. The van der Waals surface area contributed by atoms with Gasteiger partial charge in [-0.15, -0.1) is 0 Å². The first-order chi connectivity index (χ1) is 17.8. The van der Waals surface area contributed by atoms with Gasteiger partial charge in [-0.05, 0) is 29.7 Å². The van der Waals surface area contributed by atoms with Gasteiger partial charge in [0.2, 0.25) is 5.60 Å². The smallest absolute Gasteiger partial charge is 0.426 e. The van der Waals surface area contributed by atoms with Crippen LogP contribution in [0, 0.1) is 0 Å². The Bertz CT molecular complexity index is 1260. The Morgan fingerprint density at radius 3 is 2.32 bits per heavy atom. The second-order valence-electron chi connectivity index (χ2n) is 8.79. The zero-order valence-corrected chi connectivity index (χ0v) is 20.6. The molecule has 2 unspecified atom stereocenters. The van der Waals surface area contributed by atoms with Crippen LogP contribution in [0.5, 0.6) is 0 Å². The Balaban J connectivity index is 1.47. The summed E-state index contributed by atoms with van der Waals surface area (Å²) in [5.74, 6) is -1.95. The van der Waals surface area contributed by atoms with Crippen LogP contribution in [0.25, 0.3) is 0 Å². The van der Waals surface area contributed by atoms with Gasteiger partial charge >= 0.3 is 7.12 Å². The van der Waals surface area contributed by atoms with Crippen LogP contribution in [0.15, 0.2) is 84.0 Å². The molecule has 9 nitrogen and oxygen atoms in total. The standard InChI is InChI=1S/C26H26BClN4O5/c28-23-13-7-12-21(30-23)24(33)29-17-20-16-26(37-32-20,15-19-10-5-2-6-11-19)25(34)31-22(27(35)36)14-18-8-3-1-4-9-18/h1-13,22,35-36H,14-17H2,(H,29,33)(H,31,34). The maximum absolute atomic E-state index is 13.6. The monoisotopic (exact) mass is 520 g/mol. The van der Waals surface area contributed by atoms with E-state index in [2.05, 4.69) is 20.8 Å². The maximum Gasteiger partial charge on any atom is 0.475 e. The van der Waals surface area contributed by atoms with E-state index in [1.165, 1.54) is 6.07 Å². The number of nitrogens with one attached hydrogen (secondary N) is 2. The van der Waals surface area contributed by atoms with Crippen molar-refractivity contribution in [2.75, 3.05) is 6.54 Å². The molecule has 2 aromatic carbocycles. The molecule has 190 valence electrons. The maximum atomic E-state index is 13.6. The molecule has 3 aromatic rings. The molecule has 0 aliphatic carbocycles. The average molecular weight is 521 g/mol. The molecular formula is C26H26BClN4O5. The van der Waals surface area contributed by atoms with Crippen molar-refractivity contribution in [3.05, 3.63) is 101 Å². The van der Waals surface area contributed by atoms with E-state index in [4.69, 9.17) is 16.4 Å². The molecule has 0 saturated heterocycles. The summed E-state index contributed by atoms with van der Waals surface area (Å²) in [4.78, 5) is 35.8. The normalized spacial score (nSPS) is 17.3. The van der Waals surface area contributed by atoms with Gasteiger partial charge in [0, 0.05) is 12.8 Å². The number of rotatable bonds is 10. The molecule has 0 spiro atoms. The van der Waals surface area contributed by atoms with Crippen LogP contribution < -0.4 is 10.6 Å². The third-order valence-corrected chi connectivity index (χ3v) is 6.17. The fourth-order valence-corrected chi connectivity index (χ4v) is 4.23. The van der Waals surface area contributed by atoms with E-state index in [9.17, 15) is 19.6 Å². The second-order valence-corrected chi connectivity index (χ2v) is 9.18. The number of aromatic nitrogens is 1. The first-order valence-corrected chi connectivity index (χ1v) is 12.1. The molecular weight excluding hydrogens is 495 g/mol. The molecule has 2 atom stereocenters. The zero-order chi connectivity index (χ0) is 26.3. The lowest BCUT2D eigenvalue weighted by atomic mass is 9.75. The molecule has 2 amide bonds. The number of hydrogen-bond acceptors (Lipinski definition) is 7. The summed E-state index contributed by atoms with van der Waals surface area (Å²) >= 11 is 5.87. The van der Waals surface area contributed by atoms with Crippen molar-refractivity contribution in [2.24, 2.45) is 5.16 Å². The quantitative estimate of drug-likeness (QED) is 0.239. The van der Waals surface area contributed by atoms with Gasteiger partial charge in [-0.25, -0.2) is 4.98 Å². The SMILES string of the molecule is O=C(NCC1=NOC(Cc2ccccc2)(C(=O)NC(Cc2ccccc2)B(O)O)C1)c1cccc(Cl)n1. The number of carbonyl (C=O) groups is 2. The van der Waals surface area contributed by atoms with Crippen LogP contribution in [0.4, 0.5) is 0 Å². The third-order valence-electron chi connectivity index (χ3n) is 5.96. The minimum atomic E-state index is -1.79. The van der Waals surface area contributed by atoms with Gasteiger partial charge in [0.25, 0.3) is 11.8 Å². The number of amides is 2. The summed E-state index contributed by atoms with van der Waals surface area (Å²) in [6.45, 7) is 0.0346. The van der Waals surface area contributed by atoms with E-state index in [1.54, 1.807) is 12.1 Å². The molecule has 11 heteroatoms. The van der Waals surface area contributed by atoms with Crippen LogP contribution >= 0.6 is 11.6 Å². The molecule has 0 radical (unpaired) electrons. The van der Waals surface area contributed by atoms with E-state index in [-0.39, 0.29) is 36.7 Å². The summed E-state index contributed by atoms with van der Waals surface area (Å²) in [7, 11) is -1.79. The van der Waals surface area contributed by atoms with E-state index in [0.717, 1.165) is 11.1 Å². The molecule has 1 aliphatic heterocycles. The van der Waals surface area contributed by atoms with Gasteiger partial charge < -0.3 is 25.5 Å². The summed E-state index contributed by atoms with van der Waals surface area (Å²) < 4.78 is 0. The van der Waals surface area contributed by atoms with Crippen molar-refractivity contribution in [1.82, 2.24) is 15.6 Å².